The number of fused-ring (bicyclic) bond motifs is 1. The number of aromatic amines is 1. The third-order valence-electron chi connectivity index (χ3n) is 5.35. The first-order chi connectivity index (χ1) is 14.9. The maximum atomic E-state index is 12.8. The number of aromatic nitrogens is 1. The smallest absolute Gasteiger partial charge is 0.344 e. The highest BCUT2D eigenvalue weighted by molar-refractivity contribution is 6.30. The van der Waals surface area contributed by atoms with Crippen LogP contribution in [0.1, 0.15) is 24.5 Å². The SMILES string of the molecule is CC1(CCc2ccc(Cl)cc2)NC(=O)N(NC(=O)C=Cc2c[nH]c3ccccc23)C1=O. The van der Waals surface area contributed by atoms with E-state index >= 15 is 0 Å². The molecule has 1 saturated heterocycles. The van der Waals surface area contributed by atoms with E-state index in [0.717, 1.165) is 27.0 Å². The number of urea groups is 1. The van der Waals surface area contributed by atoms with Crippen LogP contribution in [0.3, 0.4) is 0 Å². The summed E-state index contributed by atoms with van der Waals surface area (Å²) < 4.78 is 0. The molecule has 1 aliphatic rings. The van der Waals surface area contributed by atoms with Gasteiger partial charge in [-0.05, 0) is 55.2 Å². The van der Waals surface area contributed by atoms with Crippen molar-refractivity contribution in [2.75, 3.05) is 0 Å². The number of benzene rings is 2. The van der Waals surface area contributed by atoms with Crippen LogP contribution in [-0.2, 0) is 16.0 Å². The van der Waals surface area contributed by atoms with Crippen LogP contribution in [0.2, 0.25) is 5.02 Å². The number of nitrogens with one attached hydrogen (secondary N) is 3. The normalized spacial score (nSPS) is 18.7. The third-order valence-corrected chi connectivity index (χ3v) is 5.60. The van der Waals surface area contributed by atoms with E-state index in [1.807, 2.05) is 36.4 Å². The molecule has 1 aromatic heterocycles. The van der Waals surface area contributed by atoms with E-state index in [-0.39, 0.29) is 0 Å². The second-order valence-corrected chi connectivity index (χ2v) is 8.06. The number of hydrazine groups is 1. The minimum atomic E-state index is -1.11. The summed E-state index contributed by atoms with van der Waals surface area (Å²) in [6, 6.07) is 14.4. The number of hydrogen-bond acceptors (Lipinski definition) is 3. The van der Waals surface area contributed by atoms with E-state index in [2.05, 4.69) is 15.7 Å². The number of amides is 4. The molecule has 0 bridgehead atoms. The first kappa shape index (κ1) is 20.7. The van der Waals surface area contributed by atoms with Crippen molar-refractivity contribution >= 4 is 46.4 Å². The quantitative estimate of drug-likeness (QED) is 0.405. The zero-order valence-electron chi connectivity index (χ0n) is 16.8. The first-order valence-electron chi connectivity index (χ1n) is 9.82. The maximum Gasteiger partial charge on any atom is 0.344 e. The first-order valence-corrected chi connectivity index (χ1v) is 10.2. The molecule has 4 amide bonds. The molecule has 1 unspecified atom stereocenters. The standard InChI is InChI=1S/C23H21ClN4O3/c1-23(13-12-15-6-9-17(24)10-7-15)21(30)28(22(31)26-23)27-20(29)11-8-16-14-25-19-5-3-2-4-18(16)19/h2-11,14,25H,12-13H2,1H3,(H,26,31)(H,27,29). The molecule has 1 aliphatic heterocycles. The van der Waals surface area contributed by atoms with Gasteiger partial charge in [-0.15, -0.1) is 0 Å². The molecule has 0 radical (unpaired) electrons. The Hall–Kier alpha value is -3.58. The molecule has 2 aromatic carbocycles. The molecule has 1 fully saturated rings. The summed E-state index contributed by atoms with van der Waals surface area (Å²) in [5, 5.41) is 5.02. The van der Waals surface area contributed by atoms with Crippen molar-refractivity contribution in [2.45, 2.75) is 25.3 Å². The number of carbonyl (C=O) groups excluding carboxylic acids is 3. The largest absolute Gasteiger partial charge is 0.361 e. The van der Waals surface area contributed by atoms with Crippen LogP contribution in [0.15, 0.2) is 60.8 Å². The summed E-state index contributed by atoms with van der Waals surface area (Å²) >= 11 is 5.90. The molecule has 3 N–H and O–H groups in total. The van der Waals surface area contributed by atoms with Crippen molar-refractivity contribution < 1.29 is 14.4 Å². The van der Waals surface area contributed by atoms with E-state index in [0.29, 0.717) is 17.9 Å². The number of rotatable bonds is 6. The summed E-state index contributed by atoms with van der Waals surface area (Å²) in [5.74, 6) is -1.07. The van der Waals surface area contributed by atoms with Gasteiger partial charge in [-0.25, -0.2) is 4.79 Å². The van der Waals surface area contributed by atoms with E-state index < -0.39 is 23.4 Å². The number of H-pyrrole nitrogens is 1. The summed E-state index contributed by atoms with van der Waals surface area (Å²) in [7, 11) is 0. The van der Waals surface area contributed by atoms with E-state index in [1.165, 1.54) is 6.08 Å². The highest BCUT2D eigenvalue weighted by Gasteiger charge is 2.48. The van der Waals surface area contributed by atoms with Crippen LogP contribution >= 0.6 is 11.6 Å². The number of imide groups is 1. The molecule has 0 aliphatic carbocycles. The molecule has 3 aromatic rings. The van der Waals surface area contributed by atoms with Crippen molar-refractivity contribution in [3.05, 3.63) is 77.0 Å². The zero-order chi connectivity index (χ0) is 22.0. The molecule has 2 heterocycles. The molecule has 0 spiro atoms. The van der Waals surface area contributed by atoms with Gasteiger partial charge in [0.15, 0.2) is 0 Å². The van der Waals surface area contributed by atoms with Crippen molar-refractivity contribution in [3.8, 4) is 0 Å². The molecule has 8 heteroatoms. The van der Waals surface area contributed by atoms with Gasteiger partial charge in [0.05, 0.1) is 0 Å². The van der Waals surface area contributed by atoms with Crippen LogP contribution in [0.25, 0.3) is 17.0 Å². The maximum absolute atomic E-state index is 12.8. The average Bonchev–Trinajstić information content (AvgIpc) is 3.26. The highest BCUT2D eigenvalue weighted by atomic mass is 35.5. The van der Waals surface area contributed by atoms with Crippen molar-refractivity contribution in [1.29, 1.82) is 0 Å². The third kappa shape index (κ3) is 4.32. The predicted molar refractivity (Wildman–Crippen MR) is 119 cm³/mol. The van der Waals surface area contributed by atoms with Gasteiger partial charge in [-0.3, -0.25) is 15.0 Å². The minimum Gasteiger partial charge on any atom is -0.361 e. The number of aryl methyl sites for hydroxylation is 1. The number of hydrogen-bond donors (Lipinski definition) is 3. The second-order valence-electron chi connectivity index (χ2n) is 7.63. The highest BCUT2D eigenvalue weighted by Crippen LogP contribution is 2.23. The van der Waals surface area contributed by atoms with E-state index in [1.54, 1.807) is 31.3 Å². The van der Waals surface area contributed by atoms with Gasteiger partial charge in [0.25, 0.3) is 11.8 Å². The van der Waals surface area contributed by atoms with Crippen LogP contribution in [0.5, 0.6) is 0 Å². The van der Waals surface area contributed by atoms with Gasteiger partial charge in [-0.1, -0.05) is 41.9 Å². The molecule has 7 nitrogen and oxygen atoms in total. The summed E-state index contributed by atoms with van der Waals surface area (Å²) in [6.07, 6.45) is 5.67. The average molecular weight is 437 g/mol. The number of carbonyl (C=O) groups is 3. The van der Waals surface area contributed by atoms with E-state index in [9.17, 15) is 14.4 Å². The monoisotopic (exact) mass is 436 g/mol. The number of para-hydroxylation sites is 1. The molecule has 158 valence electrons. The lowest BCUT2D eigenvalue weighted by Crippen LogP contribution is -2.48. The lowest BCUT2D eigenvalue weighted by Gasteiger charge is -2.21. The van der Waals surface area contributed by atoms with Crippen LogP contribution < -0.4 is 10.7 Å². The Morgan fingerprint density at radius 3 is 2.68 bits per heavy atom. The van der Waals surface area contributed by atoms with Crippen LogP contribution in [0, 0.1) is 0 Å². The Kier molecular flexibility index (Phi) is 5.52. The predicted octanol–water partition coefficient (Wildman–Crippen LogP) is 3.81. The lowest BCUT2D eigenvalue weighted by atomic mass is 9.93. The molecule has 4 rings (SSSR count). The van der Waals surface area contributed by atoms with E-state index in [4.69, 9.17) is 11.6 Å². The Labute approximate surface area is 184 Å². The molecule has 31 heavy (non-hydrogen) atoms. The van der Waals surface area contributed by atoms with Gasteiger partial charge in [0, 0.05) is 28.2 Å². The van der Waals surface area contributed by atoms with Crippen LogP contribution in [-0.4, -0.2) is 33.4 Å². The van der Waals surface area contributed by atoms with Crippen molar-refractivity contribution in [1.82, 2.24) is 20.7 Å². The summed E-state index contributed by atoms with van der Waals surface area (Å²) in [6.45, 7) is 1.65. The fourth-order valence-electron chi connectivity index (χ4n) is 3.55. The van der Waals surface area contributed by atoms with Gasteiger partial charge in [0.1, 0.15) is 5.54 Å². The Balaban J connectivity index is 1.40. The van der Waals surface area contributed by atoms with Crippen molar-refractivity contribution in [2.24, 2.45) is 0 Å². The minimum absolute atomic E-state index is 0.386. The van der Waals surface area contributed by atoms with Gasteiger partial charge >= 0.3 is 6.03 Å². The fourth-order valence-corrected chi connectivity index (χ4v) is 3.67. The Bertz CT molecular complexity index is 1190. The number of nitrogens with zero attached hydrogens (tertiary/aromatic N) is 1. The topological polar surface area (TPSA) is 94.3 Å². The number of halogens is 1. The Morgan fingerprint density at radius 2 is 1.90 bits per heavy atom. The van der Waals surface area contributed by atoms with Gasteiger partial charge in [-0.2, -0.15) is 5.01 Å². The zero-order valence-corrected chi connectivity index (χ0v) is 17.6. The van der Waals surface area contributed by atoms with Crippen molar-refractivity contribution in [3.63, 3.8) is 0 Å². The van der Waals surface area contributed by atoms with Crippen LogP contribution in [0.4, 0.5) is 4.79 Å². The lowest BCUT2D eigenvalue weighted by molar-refractivity contribution is -0.137. The summed E-state index contributed by atoms with van der Waals surface area (Å²) in [5.41, 5.74) is 4.04. The summed E-state index contributed by atoms with van der Waals surface area (Å²) in [4.78, 5) is 40.6. The molecular formula is C23H21ClN4O3. The van der Waals surface area contributed by atoms with Gasteiger partial charge in [0.2, 0.25) is 0 Å². The molecule has 0 saturated carbocycles. The molecule has 1 atom stereocenters. The molecular weight excluding hydrogens is 416 g/mol. The fraction of sp³-hybridized carbons (Fsp3) is 0.174. The van der Waals surface area contributed by atoms with Gasteiger partial charge < -0.3 is 10.3 Å². The Morgan fingerprint density at radius 1 is 1.16 bits per heavy atom. The second kappa shape index (κ2) is 8.28.